The molecule has 2 aromatic rings. The van der Waals surface area contributed by atoms with Gasteiger partial charge in [0.2, 0.25) is 15.9 Å². The van der Waals surface area contributed by atoms with Gasteiger partial charge in [0.15, 0.2) is 5.16 Å². The standard InChI is InChI=1S/C22H31N5O4S2/c1-15(2)31-19-10-9-17(33(29,30)27-11-5-4-6-12-27)13-18(19)23-20(28)14-32-22-25-24-21(26(22)3)16-7-8-16/h9-10,13,15-16H,4-8,11-12,14H2,1-3H3,(H,23,28). The lowest BCUT2D eigenvalue weighted by molar-refractivity contribution is -0.113. The molecule has 1 saturated carbocycles. The summed E-state index contributed by atoms with van der Waals surface area (Å²) >= 11 is 1.30. The minimum Gasteiger partial charge on any atom is -0.489 e. The van der Waals surface area contributed by atoms with E-state index in [0.717, 1.165) is 37.9 Å². The Morgan fingerprint density at radius 1 is 1.21 bits per heavy atom. The van der Waals surface area contributed by atoms with Gasteiger partial charge in [-0.25, -0.2) is 8.42 Å². The van der Waals surface area contributed by atoms with E-state index in [2.05, 4.69) is 15.5 Å². The fraction of sp³-hybridized carbons (Fsp3) is 0.591. The number of nitrogens with one attached hydrogen (secondary N) is 1. The molecular formula is C22H31N5O4S2. The average molecular weight is 494 g/mol. The summed E-state index contributed by atoms with van der Waals surface area (Å²) in [6.07, 6.45) is 4.90. The summed E-state index contributed by atoms with van der Waals surface area (Å²) in [5.41, 5.74) is 0.351. The van der Waals surface area contributed by atoms with Gasteiger partial charge in [-0.05, 0) is 57.7 Å². The molecular weight excluding hydrogens is 462 g/mol. The Kier molecular flexibility index (Phi) is 7.30. The van der Waals surface area contributed by atoms with Gasteiger partial charge in [0.1, 0.15) is 11.6 Å². The lowest BCUT2D eigenvalue weighted by Crippen LogP contribution is -2.35. The van der Waals surface area contributed by atoms with E-state index in [-0.39, 0.29) is 22.7 Å². The van der Waals surface area contributed by atoms with Crippen molar-refractivity contribution < 1.29 is 17.9 Å². The quantitative estimate of drug-likeness (QED) is 0.534. The lowest BCUT2D eigenvalue weighted by Gasteiger charge is -2.26. The van der Waals surface area contributed by atoms with Gasteiger partial charge >= 0.3 is 0 Å². The number of aromatic nitrogens is 3. The average Bonchev–Trinajstić information content (AvgIpc) is 3.56. The van der Waals surface area contributed by atoms with Crippen molar-refractivity contribution in [3.63, 3.8) is 0 Å². The van der Waals surface area contributed by atoms with Crippen molar-refractivity contribution >= 4 is 33.4 Å². The summed E-state index contributed by atoms with van der Waals surface area (Å²) in [4.78, 5) is 12.9. The van der Waals surface area contributed by atoms with Crippen LogP contribution in [-0.2, 0) is 21.9 Å². The smallest absolute Gasteiger partial charge is 0.243 e. The maximum absolute atomic E-state index is 13.1. The van der Waals surface area contributed by atoms with Gasteiger partial charge < -0.3 is 14.6 Å². The molecule has 0 unspecified atom stereocenters. The Morgan fingerprint density at radius 3 is 2.61 bits per heavy atom. The van der Waals surface area contributed by atoms with Crippen LogP contribution in [-0.4, -0.2) is 58.3 Å². The molecule has 2 heterocycles. The van der Waals surface area contributed by atoms with Crippen LogP contribution < -0.4 is 10.1 Å². The van der Waals surface area contributed by atoms with E-state index in [1.807, 2.05) is 25.5 Å². The van der Waals surface area contributed by atoms with Gasteiger partial charge in [0.05, 0.1) is 22.4 Å². The number of hydrogen-bond donors (Lipinski definition) is 1. The van der Waals surface area contributed by atoms with Gasteiger partial charge in [-0.15, -0.1) is 10.2 Å². The van der Waals surface area contributed by atoms with Crippen molar-refractivity contribution in [1.82, 2.24) is 19.1 Å². The van der Waals surface area contributed by atoms with Crippen molar-refractivity contribution in [2.45, 2.75) is 68.0 Å². The number of thioether (sulfide) groups is 1. The maximum Gasteiger partial charge on any atom is 0.243 e. The van der Waals surface area contributed by atoms with Crippen LogP contribution in [0.4, 0.5) is 5.69 Å². The molecule has 0 bridgehead atoms. The van der Waals surface area contributed by atoms with E-state index in [1.54, 1.807) is 12.1 Å². The normalized spacial score (nSPS) is 17.3. The first-order chi connectivity index (χ1) is 15.8. The summed E-state index contributed by atoms with van der Waals surface area (Å²) < 4.78 is 35.5. The molecule has 1 saturated heterocycles. The SMILES string of the molecule is CC(C)Oc1ccc(S(=O)(=O)N2CCCCC2)cc1NC(=O)CSc1nnc(C2CC2)n1C. The molecule has 1 aliphatic carbocycles. The predicted molar refractivity (Wildman–Crippen MR) is 127 cm³/mol. The number of amides is 1. The van der Waals surface area contributed by atoms with Crippen molar-refractivity contribution in [2.75, 3.05) is 24.2 Å². The van der Waals surface area contributed by atoms with Crippen LogP contribution in [0.5, 0.6) is 5.75 Å². The van der Waals surface area contributed by atoms with Crippen LogP contribution >= 0.6 is 11.8 Å². The molecule has 1 aliphatic heterocycles. The Bertz CT molecular complexity index is 1110. The van der Waals surface area contributed by atoms with Gasteiger partial charge in [-0.1, -0.05) is 18.2 Å². The highest BCUT2D eigenvalue weighted by Crippen LogP contribution is 2.39. The highest BCUT2D eigenvalue weighted by atomic mass is 32.2. The second kappa shape index (κ2) is 10.0. The summed E-state index contributed by atoms with van der Waals surface area (Å²) in [6.45, 7) is 4.80. The molecule has 1 aromatic carbocycles. The second-order valence-electron chi connectivity index (χ2n) is 8.80. The molecule has 1 N–H and O–H groups in total. The largest absolute Gasteiger partial charge is 0.489 e. The summed E-state index contributed by atoms with van der Waals surface area (Å²) in [7, 11) is -1.71. The monoisotopic (exact) mass is 493 g/mol. The first kappa shape index (κ1) is 24.0. The van der Waals surface area contributed by atoms with Crippen LogP contribution in [0.2, 0.25) is 0 Å². The fourth-order valence-corrected chi connectivity index (χ4v) is 6.11. The third kappa shape index (κ3) is 5.70. The van der Waals surface area contributed by atoms with Gasteiger partial charge in [0, 0.05) is 26.1 Å². The molecule has 1 amide bonds. The first-order valence-corrected chi connectivity index (χ1v) is 13.8. The Balaban J connectivity index is 1.49. The molecule has 180 valence electrons. The van der Waals surface area contributed by atoms with Crippen molar-refractivity contribution in [3.05, 3.63) is 24.0 Å². The van der Waals surface area contributed by atoms with Crippen molar-refractivity contribution in [3.8, 4) is 5.75 Å². The fourth-order valence-electron chi connectivity index (χ4n) is 3.84. The molecule has 2 fully saturated rings. The molecule has 11 heteroatoms. The van der Waals surface area contributed by atoms with Gasteiger partial charge in [-0.3, -0.25) is 4.79 Å². The molecule has 0 spiro atoms. The second-order valence-corrected chi connectivity index (χ2v) is 11.7. The summed E-state index contributed by atoms with van der Waals surface area (Å²) in [5.74, 6) is 1.74. The Hall–Kier alpha value is -2.11. The highest BCUT2D eigenvalue weighted by molar-refractivity contribution is 7.99. The van der Waals surface area contributed by atoms with Crippen molar-refractivity contribution in [2.24, 2.45) is 7.05 Å². The predicted octanol–water partition coefficient (Wildman–Crippen LogP) is 3.39. The van der Waals surface area contributed by atoms with Crippen LogP contribution in [0.1, 0.15) is 57.7 Å². The number of piperidine rings is 1. The van der Waals surface area contributed by atoms with Crippen molar-refractivity contribution in [1.29, 1.82) is 0 Å². The van der Waals surface area contributed by atoms with E-state index in [9.17, 15) is 13.2 Å². The minimum absolute atomic E-state index is 0.126. The molecule has 0 atom stereocenters. The van der Waals surface area contributed by atoms with E-state index in [1.165, 1.54) is 22.1 Å². The minimum atomic E-state index is -3.63. The van der Waals surface area contributed by atoms with E-state index in [0.29, 0.717) is 35.6 Å². The molecule has 0 radical (unpaired) electrons. The first-order valence-electron chi connectivity index (χ1n) is 11.4. The third-order valence-electron chi connectivity index (χ3n) is 5.68. The molecule has 9 nitrogen and oxygen atoms in total. The highest BCUT2D eigenvalue weighted by Gasteiger charge is 2.30. The number of sulfonamides is 1. The summed E-state index contributed by atoms with van der Waals surface area (Å²) in [6, 6.07) is 4.66. The Labute approximate surface area is 199 Å². The van der Waals surface area contributed by atoms with Crippen LogP contribution in [0.3, 0.4) is 0 Å². The van der Waals surface area contributed by atoms with Gasteiger partial charge in [-0.2, -0.15) is 4.31 Å². The number of hydrogen-bond acceptors (Lipinski definition) is 7. The number of nitrogens with zero attached hydrogens (tertiary/aromatic N) is 4. The number of rotatable bonds is 9. The van der Waals surface area contributed by atoms with E-state index in [4.69, 9.17) is 4.74 Å². The van der Waals surface area contributed by atoms with Gasteiger partial charge in [0.25, 0.3) is 0 Å². The van der Waals surface area contributed by atoms with Crippen LogP contribution in [0, 0.1) is 0 Å². The lowest BCUT2D eigenvalue weighted by atomic mass is 10.2. The zero-order valence-corrected chi connectivity index (χ0v) is 20.9. The van der Waals surface area contributed by atoms with Crippen LogP contribution in [0.25, 0.3) is 0 Å². The topological polar surface area (TPSA) is 106 Å². The number of carbonyl (C=O) groups is 1. The number of carbonyl (C=O) groups excluding carboxylic acids is 1. The zero-order chi connectivity index (χ0) is 23.6. The van der Waals surface area contributed by atoms with E-state index >= 15 is 0 Å². The summed E-state index contributed by atoms with van der Waals surface area (Å²) in [5, 5.41) is 12.0. The number of anilines is 1. The number of ether oxygens (including phenoxy) is 1. The van der Waals surface area contributed by atoms with E-state index < -0.39 is 10.0 Å². The molecule has 1 aromatic heterocycles. The van der Waals surface area contributed by atoms with Crippen LogP contribution in [0.15, 0.2) is 28.3 Å². The number of benzene rings is 1. The molecule has 2 aliphatic rings. The Morgan fingerprint density at radius 2 is 1.94 bits per heavy atom. The maximum atomic E-state index is 13.1. The zero-order valence-electron chi connectivity index (χ0n) is 19.3. The molecule has 4 rings (SSSR count). The molecule has 33 heavy (non-hydrogen) atoms. The third-order valence-corrected chi connectivity index (χ3v) is 8.60.